The highest BCUT2D eigenvalue weighted by Crippen LogP contribution is 2.24. The Labute approximate surface area is 154 Å². The molecule has 2 aromatic carbocycles. The fraction of sp³-hybridized carbons (Fsp3) is 0.350. The van der Waals surface area contributed by atoms with Crippen LogP contribution in [0.1, 0.15) is 25.8 Å². The van der Waals surface area contributed by atoms with E-state index in [1.54, 1.807) is 19.1 Å². The normalized spacial score (nSPS) is 11.6. The van der Waals surface area contributed by atoms with E-state index in [1.165, 1.54) is 5.56 Å². The second-order valence-electron chi connectivity index (χ2n) is 5.72. The van der Waals surface area contributed by atoms with E-state index in [0.717, 1.165) is 18.6 Å². The molecule has 0 spiro atoms. The van der Waals surface area contributed by atoms with Crippen LogP contribution in [0.3, 0.4) is 0 Å². The molecule has 0 saturated carbocycles. The van der Waals surface area contributed by atoms with Crippen molar-refractivity contribution < 1.29 is 14.3 Å². The van der Waals surface area contributed by atoms with Gasteiger partial charge in [0.05, 0.1) is 11.6 Å². The van der Waals surface area contributed by atoms with Gasteiger partial charge in [0.2, 0.25) is 0 Å². The van der Waals surface area contributed by atoms with E-state index in [-0.39, 0.29) is 5.91 Å². The predicted molar refractivity (Wildman–Crippen MR) is 100 cm³/mol. The summed E-state index contributed by atoms with van der Waals surface area (Å²) in [6.07, 6.45) is 1.56. The quantitative estimate of drug-likeness (QED) is 0.679. The fourth-order valence-corrected chi connectivity index (χ4v) is 2.49. The number of aryl methyl sites for hydroxylation is 1. The molecule has 0 heterocycles. The van der Waals surface area contributed by atoms with Crippen LogP contribution in [-0.2, 0) is 11.2 Å². The summed E-state index contributed by atoms with van der Waals surface area (Å²) in [6.45, 7) is 4.65. The molecule has 5 heteroatoms. The minimum atomic E-state index is -0.631. The number of carbonyl (C=O) groups excluding carboxylic acids is 1. The molecule has 0 saturated heterocycles. The van der Waals surface area contributed by atoms with Gasteiger partial charge in [0.15, 0.2) is 6.10 Å². The Balaban J connectivity index is 1.70. The van der Waals surface area contributed by atoms with Crippen molar-refractivity contribution in [3.63, 3.8) is 0 Å². The number of benzene rings is 2. The van der Waals surface area contributed by atoms with Gasteiger partial charge in [0.25, 0.3) is 5.91 Å². The third kappa shape index (κ3) is 6.31. The van der Waals surface area contributed by atoms with Crippen LogP contribution in [0.5, 0.6) is 11.5 Å². The molecule has 2 rings (SSSR count). The molecule has 0 bridgehead atoms. The Morgan fingerprint density at radius 3 is 2.56 bits per heavy atom. The van der Waals surface area contributed by atoms with Crippen molar-refractivity contribution in [2.75, 3.05) is 13.2 Å². The molecular formula is C20H24ClNO3. The molecule has 0 aliphatic carbocycles. The Kier molecular flexibility index (Phi) is 7.61. The van der Waals surface area contributed by atoms with Crippen LogP contribution in [-0.4, -0.2) is 25.2 Å². The molecule has 1 N–H and O–H groups in total. The number of para-hydroxylation sites is 1. The molecule has 25 heavy (non-hydrogen) atoms. The minimum Gasteiger partial charge on any atom is -0.492 e. The van der Waals surface area contributed by atoms with Crippen molar-refractivity contribution in [3.05, 3.63) is 59.1 Å². The van der Waals surface area contributed by atoms with Crippen LogP contribution in [0.25, 0.3) is 0 Å². The first-order valence-corrected chi connectivity index (χ1v) is 8.88. The maximum atomic E-state index is 12.1. The Morgan fingerprint density at radius 1 is 1.16 bits per heavy atom. The number of amides is 1. The molecule has 0 unspecified atom stereocenters. The molecule has 0 radical (unpaired) electrons. The third-order valence-electron chi connectivity index (χ3n) is 3.64. The molecule has 2 aromatic rings. The molecular weight excluding hydrogens is 338 g/mol. The molecule has 1 amide bonds. The summed E-state index contributed by atoms with van der Waals surface area (Å²) < 4.78 is 11.2. The number of rotatable bonds is 9. The summed E-state index contributed by atoms with van der Waals surface area (Å²) in [5.41, 5.74) is 1.30. The van der Waals surface area contributed by atoms with Gasteiger partial charge in [-0.25, -0.2) is 0 Å². The lowest BCUT2D eigenvalue weighted by Crippen LogP contribution is -2.38. The zero-order chi connectivity index (χ0) is 18.1. The van der Waals surface area contributed by atoms with Crippen molar-refractivity contribution in [2.24, 2.45) is 0 Å². The first kappa shape index (κ1) is 19.1. The van der Waals surface area contributed by atoms with Gasteiger partial charge in [0, 0.05) is 0 Å². The largest absolute Gasteiger partial charge is 0.492 e. The van der Waals surface area contributed by atoms with E-state index < -0.39 is 6.10 Å². The average Bonchev–Trinajstić information content (AvgIpc) is 2.62. The van der Waals surface area contributed by atoms with E-state index in [2.05, 4.69) is 24.4 Å². The molecule has 0 aromatic heterocycles. The van der Waals surface area contributed by atoms with Crippen molar-refractivity contribution in [1.29, 1.82) is 0 Å². The average molecular weight is 362 g/mol. The number of halogens is 1. The molecule has 0 fully saturated rings. The monoisotopic (exact) mass is 361 g/mol. The van der Waals surface area contributed by atoms with E-state index >= 15 is 0 Å². The lowest BCUT2D eigenvalue weighted by molar-refractivity contribution is -0.127. The van der Waals surface area contributed by atoms with E-state index in [9.17, 15) is 4.79 Å². The van der Waals surface area contributed by atoms with Crippen molar-refractivity contribution in [3.8, 4) is 11.5 Å². The van der Waals surface area contributed by atoms with Crippen molar-refractivity contribution in [1.82, 2.24) is 5.32 Å². The standard InChI is InChI=1S/C20H24ClNO3/c1-3-6-16-9-11-17(12-10-16)24-14-13-22-20(23)15(2)25-19-8-5-4-7-18(19)21/h4-5,7-12,15H,3,6,13-14H2,1-2H3,(H,22,23)/t15-/m0/s1. The van der Waals surface area contributed by atoms with Gasteiger partial charge in [-0.15, -0.1) is 0 Å². The van der Waals surface area contributed by atoms with Crippen LogP contribution in [0.4, 0.5) is 0 Å². The van der Waals surface area contributed by atoms with Crippen LogP contribution < -0.4 is 14.8 Å². The van der Waals surface area contributed by atoms with Crippen LogP contribution in [0.15, 0.2) is 48.5 Å². The minimum absolute atomic E-state index is 0.207. The summed E-state index contributed by atoms with van der Waals surface area (Å²) in [7, 11) is 0. The van der Waals surface area contributed by atoms with Crippen molar-refractivity contribution >= 4 is 17.5 Å². The van der Waals surface area contributed by atoms with Gasteiger partial charge in [-0.1, -0.05) is 49.2 Å². The van der Waals surface area contributed by atoms with E-state index in [0.29, 0.717) is 23.9 Å². The zero-order valence-corrected chi connectivity index (χ0v) is 15.4. The number of nitrogens with one attached hydrogen (secondary N) is 1. The highest BCUT2D eigenvalue weighted by atomic mass is 35.5. The topological polar surface area (TPSA) is 47.6 Å². The highest BCUT2D eigenvalue weighted by Gasteiger charge is 2.15. The molecule has 0 aliphatic rings. The molecule has 0 aliphatic heterocycles. The predicted octanol–water partition coefficient (Wildman–Crippen LogP) is 4.26. The van der Waals surface area contributed by atoms with Crippen molar-refractivity contribution in [2.45, 2.75) is 32.8 Å². The van der Waals surface area contributed by atoms with E-state index in [4.69, 9.17) is 21.1 Å². The summed E-state index contributed by atoms with van der Waals surface area (Å²) in [4.78, 5) is 12.1. The summed E-state index contributed by atoms with van der Waals surface area (Å²) in [5, 5.41) is 3.28. The summed E-state index contributed by atoms with van der Waals surface area (Å²) in [6, 6.07) is 15.1. The van der Waals surface area contributed by atoms with E-state index in [1.807, 2.05) is 24.3 Å². The highest BCUT2D eigenvalue weighted by molar-refractivity contribution is 6.32. The van der Waals surface area contributed by atoms with Gasteiger partial charge in [-0.3, -0.25) is 4.79 Å². The fourth-order valence-electron chi connectivity index (χ4n) is 2.31. The zero-order valence-electron chi connectivity index (χ0n) is 14.6. The lowest BCUT2D eigenvalue weighted by atomic mass is 10.1. The van der Waals surface area contributed by atoms with Crippen LogP contribution in [0, 0.1) is 0 Å². The maximum Gasteiger partial charge on any atom is 0.260 e. The summed E-state index contributed by atoms with van der Waals surface area (Å²) in [5.74, 6) is 1.09. The van der Waals surface area contributed by atoms with Crippen LogP contribution in [0.2, 0.25) is 5.02 Å². The molecule has 4 nitrogen and oxygen atoms in total. The molecule has 1 atom stereocenters. The van der Waals surface area contributed by atoms with Gasteiger partial charge in [-0.05, 0) is 43.2 Å². The molecule has 134 valence electrons. The third-order valence-corrected chi connectivity index (χ3v) is 3.95. The second-order valence-corrected chi connectivity index (χ2v) is 6.13. The maximum absolute atomic E-state index is 12.1. The first-order valence-electron chi connectivity index (χ1n) is 8.50. The smallest absolute Gasteiger partial charge is 0.260 e. The van der Waals surface area contributed by atoms with Gasteiger partial charge in [0.1, 0.15) is 18.1 Å². The van der Waals surface area contributed by atoms with Crippen LogP contribution >= 0.6 is 11.6 Å². The number of ether oxygens (including phenoxy) is 2. The lowest BCUT2D eigenvalue weighted by Gasteiger charge is -2.15. The van der Waals surface area contributed by atoms with Gasteiger partial charge >= 0.3 is 0 Å². The summed E-state index contributed by atoms with van der Waals surface area (Å²) >= 11 is 6.02. The number of hydrogen-bond donors (Lipinski definition) is 1. The number of hydrogen-bond acceptors (Lipinski definition) is 3. The SMILES string of the molecule is CCCc1ccc(OCCNC(=O)[C@H](C)Oc2ccccc2Cl)cc1. The second kappa shape index (κ2) is 9.94. The first-order chi connectivity index (χ1) is 12.1. The van der Waals surface area contributed by atoms with Gasteiger partial charge < -0.3 is 14.8 Å². The Morgan fingerprint density at radius 2 is 1.88 bits per heavy atom. The number of carbonyl (C=O) groups is 1. The van der Waals surface area contributed by atoms with Gasteiger partial charge in [-0.2, -0.15) is 0 Å². The Hall–Kier alpha value is -2.20. The Bertz CT molecular complexity index is 673.